The van der Waals surface area contributed by atoms with Crippen molar-refractivity contribution in [1.82, 2.24) is 4.98 Å². The van der Waals surface area contributed by atoms with Gasteiger partial charge >= 0.3 is 7.69 Å². The van der Waals surface area contributed by atoms with Gasteiger partial charge in [0.1, 0.15) is 5.75 Å². The Bertz CT molecular complexity index is 221. The molecule has 5 heteroatoms. The maximum atomic E-state index is 12.2. The van der Waals surface area contributed by atoms with Gasteiger partial charge in [-0.3, -0.25) is 0 Å². The van der Waals surface area contributed by atoms with Crippen LogP contribution in [0.3, 0.4) is 0 Å². The summed E-state index contributed by atoms with van der Waals surface area (Å²) >= 11 is 0. The molecule has 1 rings (SSSR count). The topological polar surface area (TPSA) is 42.4 Å². The minimum Gasteiger partial charge on any atom is -0.537 e. The molecule has 10 heavy (non-hydrogen) atoms. The second-order valence-corrected chi connectivity index (χ2v) is 1.54. The Balaban J connectivity index is 2.75. The fourth-order valence-electron chi connectivity index (χ4n) is 0.519. The van der Waals surface area contributed by atoms with Crippen LogP contribution >= 0.6 is 0 Å². The SMILES string of the molecule is O[B]Oc1ccnc(F)c1. The fraction of sp³-hybridized carbons (Fsp3) is 0. The lowest BCUT2D eigenvalue weighted by atomic mass is 10.4. The molecular formula is C5H4BFNO2. The summed E-state index contributed by atoms with van der Waals surface area (Å²) in [4.78, 5) is 3.28. The van der Waals surface area contributed by atoms with Crippen LogP contribution in [0.4, 0.5) is 4.39 Å². The molecule has 0 fully saturated rings. The molecule has 3 nitrogen and oxygen atoms in total. The molecule has 1 aromatic heterocycles. The predicted octanol–water partition coefficient (Wildman–Crippen LogP) is 0.126. The van der Waals surface area contributed by atoms with Crippen molar-refractivity contribution < 1.29 is 14.1 Å². The number of pyridine rings is 1. The van der Waals surface area contributed by atoms with Gasteiger partial charge in [0, 0.05) is 12.3 Å². The number of rotatable bonds is 2. The van der Waals surface area contributed by atoms with Crippen molar-refractivity contribution in [3.05, 3.63) is 24.3 Å². The average Bonchev–Trinajstić information content (AvgIpc) is 1.88. The maximum Gasteiger partial charge on any atom is 0.569 e. The smallest absolute Gasteiger partial charge is 0.537 e. The number of aromatic nitrogens is 1. The zero-order chi connectivity index (χ0) is 7.40. The van der Waals surface area contributed by atoms with Gasteiger partial charge in [-0.25, -0.2) is 4.98 Å². The van der Waals surface area contributed by atoms with Crippen molar-refractivity contribution in [2.75, 3.05) is 0 Å². The van der Waals surface area contributed by atoms with E-state index in [0.29, 0.717) is 7.69 Å². The van der Waals surface area contributed by atoms with Gasteiger partial charge in [0.05, 0.1) is 0 Å². The first-order valence-corrected chi connectivity index (χ1v) is 2.57. The van der Waals surface area contributed by atoms with E-state index >= 15 is 0 Å². The normalized spacial score (nSPS) is 9.00. The third kappa shape index (κ3) is 1.70. The zero-order valence-corrected chi connectivity index (χ0v) is 4.99. The summed E-state index contributed by atoms with van der Waals surface area (Å²) in [6, 6.07) is 2.49. The predicted molar refractivity (Wildman–Crippen MR) is 32.8 cm³/mol. The molecule has 0 amide bonds. The Hall–Kier alpha value is -1.10. The molecule has 0 bridgehead atoms. The van der Waals surface area contributed by atoms with Gasteiger partial charge in [0.15, 0.2) is 0 Å². The van der Waals surface area contributed by atoms with Gasteiger partial charge in [-0.1, -0.05) is 0 Å². The van der Waals surface area contributed by atoms with Crippen LogP contribution in [-0.2, 0) is 0 Å². The third-order valence-corrected chi connectivity index (χ3v) is 0.887. The van der Waals surface area contributed by atoms with Gasteiger partial charge < -0.3 is 9.68 Å². The summed E-state index contributed by atoms with van der Waals surface area (Å²) in [6.07, 6.45) is 1.24. The van der Waals surface area contributed by atoms with Crippen molar-refractivity contribution in [3.8, 4) is 5.75 Å². The van der Waals surface area contributed by atoms with E-state index in [2.05, 4.69) is 9.64 Å². The first-order chi connectivity index (χ1) is 4.83. The van der Waals surface area contributed by atoms with Gasteiger partial charge in [0.2, 0.25) is 5.95 Å². The first-order valence-electron chi connectivity index (χ1n) is 2.57. The van der Waals surface area contributed by atoms with Crippen LogP contribution < -0.4 is 4.65 Å². The molecule has 1 N–H and O–H groups in total. The minimum atomic E-state index is -0.639. The van der Waals surface area contributed by atoms with Gasteiger partial charge in [-0.15, -0.1) is 0 Å². The molecule has 51 valence electrons. The lowest BCUT2D eigenvalue weighted by Gasteiger charge is -1.98. The summed E-state index contributed by atoms with van der Waals surface area (Å²) in [5.41, 5.74) is 0. The number of nitrogens with zero attached hydrogens (tertiary/aromatic N) is 1. The van der Waals surface area contributed by atoms with E-state index in [4.69, 9.17) is 5.02 Å². The largest absolute Gasteiger partial charge is 0.569 e. The Labute approximate surface area is 57.8 Å². The van der Waals surface area contributed by atoms with E-state index < -0.39 is 5.95 Å². The van der Waals surface area contributed by atoms with Crippen molar-refractivity contribution >= 4 is 7.69 Å². The summed E-state index contributed by atoms with van der Waals surface area (Å²) in [7, 11) is 0.481. The van der Waals surface area contributed by atoms with Crippen LogP contribution in [0.1, 0.15) is 0 Å². The van der Waals surface area contributed by atoms with Crippen molar-refractivity contribution in [1.29, 1.82) is 0 Å². The highest BCUT2D eigenvalue weighted by Crippen LogP contribution is 2.07. The Kier molecular flexibility index (Phi) is 2.22. The highest BCUT2D eigenvalue weighted by atomic mass is 19.1. The molecular weight excluding hydrogens is 136 g/mol. The van der Waals surface area contributed by atoms with E-state index in [1.54, 1.807) is 0 Å². The molecule has 0 unspecified atom stereocenters. The van der Waals surface area contributed by atoms with E-state index in [1.807, 2.05) is 0 Å². The third-order valence-electron chi connectivity index (χ3n) is 0.887. The van der Waals surface area contributed by atoms with Crippen molar-refractivity contribution in [2.24, 2.45) is 0 Å². The highest BCUT2D eigenvalue weighted by molar-refractivity contribution is 6.17. The van der Waals surface area contributed by atoms with Gasteiger partial charge in [0.25, 0.3) is 0 Å². The monoisotopic (exact) mass is 140 g/mol. The molecule has 0 aliphatic carbocycles. The Morgan fingerprint density at radius 1 is 1.70 bits per heavy atom. The molecule has 0 saturated heterocycles. The Morgan fingerprint density at radius 2 is 2.50 bits per heavy atom. The summed E-state index contributed by atoms with van der Waals surface area (Å²) < 4.78 is 16.6. The first kappa shape index (κ1) is 7.02. The summed E-state index contributed by atoms with van der Waals surface area (Å²) in [5.74, 6) is -0.422. The molecule has 1 radical (unpaired) electrons. The lowest BCUT2D eigenvalue weighted by molar-refractivity contribution is 0.449. The molecule has 0 atom stereocenters. The van der Waals surface area contributed by atoms with Crippen LogP contribution in [0, 0.1) is 5.95 Å². The molecule has 0 aliphatic heterocycles. The van der Waals surface area contributed by atoms with Crippen LogP contribution in [0.25, 0.3) is 0 Å². The second-order valence-electron chi connectivity index (χ2n) is 1.54. The number of hydrogen-bond acceptors (Lipinski definition) is 3. The Morgan fingerprint density at radius 3 is 3.10 bits per heavy atom. The minimum absolute atomic E-state index is 0.218. The van der Waals surface area contributed by atoms with Crippen LogP contribution in [-0.4, -0.2) is 17.7 Å². The standard InChI is InChI=1S/C5H4BFNO2/c7-5-3-4(10-6-9)1-2-8-5/h1-3,9H. The van der Waals surface area contributed by atoms with Crippen LogP contribution in [0.15, 0.2) is 18.3 Å². The molecule has 0 aliphatic rings. The lowest BCUT2D eigenvalue weighted by Crippen LogP contribution is -2.00. The van der Waals surface area contributed by atoms with E-state index in [-0.39, 0.29) is 5.75 Å². The molecule has 1 heterocycles. The molecule has 0 spiro atoms. The quantitative estimate of drug-likeness (QED) is 0.468. The van der Waals surface area contributed by atoms with E-state index in [9.17, 15) is 4.39 Å². The van der Waals surface area contributed by atoms with Gasteiger partial charge in [-0.2, -0.15) is 4.39 Å². The van der Waals surface area contributed by atoms with E-state index in [0.717, 1.165) is 6.07 Å². The van der Waals surface area contributed by atoms with Crippen LogP contribution in [0.2, 0.25) is 0 Å². The van der Waals surface area contributed by atoms with Crippen molar-refractivity contribution in [3.63, 3.8) is 0 Å². The van der Waals surface area contributed by atoms with Crippen LogP contribution in [0.5, 0.6) is 5.75 Å². The fourth-order valence-corrected chi connectivity index (χ4v) is 0.519. The second kappa shape index (κ2) is 3.17. The highest BCUT2D eigenvalue weighted by Gasteiger charge is 1.95. The summed E-state index contributed by atoms with van der Waals surface area (Å²) in [5, 5.41) is 8.12. The number of halogens is 1. The maximum absolute atomic E-state index is 12.2. The van der Waals surface area contributed by atoms with E-state index in [1.165, 1.54) is 12.3 Å². The van der Waals surface area contributed by atoms with Crippen molar-refractivity contribution in [2.45, 2.75) is 0 Å². The molecule has 0 aromatic carbocycles. The summed E-state index contributed by atoms with van der Waals surface area (Å²) in [6.45, 7) is 0. The average molecular weight is 140 g/mol. The molecule has 1 aromatic rings. The number of hydrogen-bond donors (Lipinski definition) is 1. The zero-order valence-electron chi connectivity index (χ0n) is 4.99. The molecule has 0 saturated carbocycles. The van der Waals surface area contributed by atoms with Gasteiger partial charge in [-0.05, 0) is 6.07 Å².